The van der Waals surface area contributed by atoms with Gasteiger partial charge in [-0.1, -0.05) is 0 Å². The Morgan fingerprint density at radius 1 is 1.14 bits per heavy atom. The lowest BCUT2D eigenvalue weighted by Crippen LogP contribution is -2.01. The molecule has 104 valence electrons. The molecule has 0 spiro atoms. The first-order chi connectivity index (χ1) is 10.1. The summed E-state index contributed by atoms with van der Waals surface area (Å²) in [4.78, 5) is 23.6. The molecule has 6 nitrogen and oxygen atoms in total. The molecule has 21 heavy (non-hydrogen) atoms. The smallest absolute Gasteiger partial charge is 0.339 e. The van der Waals surface area contributed by atoms with Crippen molar-refractivity contribution in [3.63, 3.8) is 0 Å². The van der Waals surface area contributed by atoms with Crippen LogP contribution in [0.2, 0.25) is 0 Å². The predicted molar refractivity (Wildman–Crippen MR) is 83.5 cm³/mol. The van der Waals surface area contributed by atoms with Gasteiger partial charge in [-0.25, -0.2) is 9.78 Å². The summed E-state index contributed by atoms with van der Waals surface area (Å²) < 4.78 is 6.39. The van der Waals surface area contributed by atoms with Gasteiger partial charge < -0.3 is 9.84 Å². The molecule has 0 aliphatic rings. The van der Waals surface area contributed by atoms with E-state index < -0.39 is 5.97 Å². The maximum absolute atomic E-state index is 11.3. The minimum absolute atomic E-state index is 0.0861. The Kier molecular flexibility index (Phi) is 3.65. The maximum Gasteiger partial charge on any atom is 0.339 e. The monoisotopic (exact) mass is 393 g/mol. The van der Waals surface area contributed by atoms with Crippen LogP contribution < -0.4 is 4.74 Å². The molecule has 0 atom stereocenters. The number of carboxylic acid groups (broad SMARTS) is 1. The summed E-state index contributed by atoms with van der Waals surface area (Å²) in [6.07, 6.45) is 3.11. The lowest BCUT2D eigenvalue weighted by molar-refractivity contribution is 0.0694. The van der Waals surface area contributed by atoms with Gasteiger partial charge in [0.2, 0.25) is 5.88 Å². The fraction of sp³-hybridized carbons (Fsp3) is 0. The van der Waals surface area contributed by atoms with Gasteiger partial charge in [-0.05, 0) is 46.9 Å². The number of carboxylic acids is 1. The molecule has 1 aromatic carbocycles. The Hall–Kier alpha value is -2.29. The average molecular weight is 393 g/mol. The first-order valence-corrected chi connectivity index (χ1v) is 7.00. The summed E-state index contributed by atoms with van der Waals surface area (Å²) in [7, 11) is 0. The van der Waals surface area contributed by atoms with E-state index in [0.29, 0.717) is 11.2 Å². The second kappa shape index (κ2) is 5.60. The van der Waals surface area contributed by atoms with Crippen LogP contribution in [-0.2, 0) is 0 Å². The molecule has 0 amide bonds. The zero-order valence-corrected chi connectivity index (χ0v) is 12.7. The molecule has 0 aliphatic carbocycles. The molecule has 3 rings (SSSR count). The summed E-state index contributed by atoms with van der Waals surface area (Å²) in [5.74, 6) is -0.547. The van der Waals surface area contributed by atoms with Gasteiger partial charge in [0.25, 0.3) is 0 Å². The Bertz CT molecular complexity index is 839. The largest absolute Gasteiger partial charge is 0.478 e. The third-order valence-electron chi connectivity index (χ3n) is 2.69. The number of halogens is 1. The fourth-order valence-electron chi connectivity index (χ4n) is 1.76. The number of aromatic nitrogens is 3. The van der Waals surface area contributed by atoms with Crippen LogP contribution in [-0.4, -0.2) is 26.0 Å². The summed E-state index contributed by atoms with van der Waals surface area (Å²) in [6.45, 7) is 0. The van der Waals surface area contributed by atoms with Gasteiger partial charge >= 0.3 is 5.97 Å². The molecule has 3 aromatic rings. The first-order valence-electron chi connectivity index (χ1n) is 5.92. The number of rotatable bonds is 3. The van der Waals surface area contributed by atoms with Gasteiger partial charge in [0, 0.05) is 22.0 Å². The molecule has 2 aromatic heterocycles. The number of carbonyl (C=O) groups is 1. The van der Waals surface area contributed by atoms with Crippen LogP contribution in [0.4, 0.5) is 0 Å². The first kappa shape index (κ1) is 13.7. The number of hydrogen-bond donors (Lipinski definition) is 1. The minimum atomic E-state index is -1.05. The Morgan fingerprint density at radius 3 is 2.76 bits per heavy atom. The van der Waals surface area contributed by atoms with Gasteiger partial charge in [-0.3, -0.25) is 4.98 Å². The third kappa shape index (κ3) is 2.92. The Morgan fingerprint density at radius 2 is 1.95 bits per heavy atom. The van der Waals surface area contributed by atoms with E-state index in [1.165, 1.54) is 6.20 Å². The molecule has 0 unspecified atom stereocenters. The number of aromatic carboxylic acids is 1. The summed E-state index contributed by atoms with van der Waals surface area (Å²) in [6, 6.07) is 8.26. The number of hydrogen-bond acceptors (Lipinski definition) is 5. The molecule has 0 radical (unpaired) electrons. The van der Waals surface area contributed by atoms with Gasteiger partial charge in [0.1, 0.15) is 16.8 Å². The van der Waals surface area contributed by atoms with Gasteiger partial charge in [-0.2, -0.15) is 4.98 Å². The number of nitrogens with zero attached hydrogens (tertiary/aromatic N) is 3. The van der Waals surface area contributed by atoms with E-state index in [2.05, 4.69) is 15.0 Å². The number of pyridine rings is 1. The second-order valence-electron chi connectivity index (χ2n) is 4.10. The third-order valence-corrected chi connectivity index (χ3v) is 3.36. The van der Waals surface area contributed by atoms with Crippen LogP contribution >= 0.6 is 22.6 Å². The zero-order valence-electron chi connectivity index (χ0n) is 10.5. The zero-order chi connectivity index (χ0) is 14.8. The van der Waals surface area contributed by atoms with Crippen molar-refractivity contribution in [2.45, 2.75) is 0 Å². The molecule has 0 saturated carbocycles. The SMILES string of the molecule is O=C(O)c1cc(I)ccc1Oc1ccc2nccnc2n1. The molecular weight excluding hydrogens is 385 g/mol. The highest BCUT2D eigenvalue weighted by molar-refractivity contribution is 14.1. The van der Waals surface area contributed by atoms with Crippen molar-refractivity contribution in [2.24, 2.45) is 0 Å². The van der Waals surface area contributed by atoms with Crippen molar-refractivity contribution in [1.82, 2.24) is 15.0 Å². The highest BCUT2D eigenvalue weighted by Gasteiger charge is 2.13. The van der Waals surface area contributed by atoms with Crippen LogP contribution in [0.5, 0.6) is 11.6 Å². The van der Waals surface area contributed by atoms with Crippen LogP contribution in [0.3, 0.4) is 0 Å². The normalized spacial score (nSPS) is 10.5. The molecule has 2 heterocycles. The molecule has 0 saturated heterocycles. The van der Waals surface area contributed by atoms with Crippen LogP contribution in [0.25, 0.3) is 11.2 Å². The van der Waals surface area contributed by atoms with Crippen molar-refractivity contribution >= 4 is 39.7 Å². The molecule has 0 aliphatic heterocycles. The highest BCUT2D eigenvalue weighted by atomic mass is 127. The average Bonchev–Trinajstić information content (AvgIpc) is 2.49. The van der Waals surface area contributed by atoms with Crippen LogP contribution in [0.15, 0.2) is 42.7 Å². The molecular formula is C14H8IN3O3. The summed E-state index contributed by atoms with van der Waals surface area (Å²) in [5.41, 5.74) is 1.17. The van der Waals surface area contributed by atoms with E-state index in [-0.39, 0.29) is 17.2 Å². The highest BCUT2D eigenvalue weighted by Crippen LogP contribution is 2.26. The van der Waals surface area contributed by atoms with Gasteiger partial charge in [0.15, 0.2) is 5.65 Å². The van der Waals surface area contributed by atoms with Gasteiger partial charge in [0.05, 0.1) is 0 Å². The number of benzene rings is 1. The lowest BCUT2D eigenvalue weighted by atomic mass is 10.2. The minimum Gasteiger partial charge on any atom is -0.478 e. The van der Waals surface area contributed by atoms with E-state index in [4.69, 9.17) is 4.74 Å². The van der Waals surface area contributed by atoms with E-state index in [9.17, 15) is 9.90 Å². The quantitative estimate of drug-likeness (QED) is 0.689. The summed E-state index contributed by atoms with van der Waals surface area (Å²) in [5, 5.41) is 9.21. The topological polar surface area (TPSA) is 85.2 Å². The molecule has 1 N–H and O–H groups in total. The Labute approximate surface area is 133 Å². The second-order valence-corrected chi connectivity index (χ2v) is 5.34. The van der Waals surface area contributed by atoms with Crippen molar-refractivity contribution in [3.05, 3.63) is 51.9 Å². The van der Waals surface area contributed by atoms with Crippen molar-refractivity contribution in [2.75, 3.05) is 0 Å². The summed E-state index contributed by atoms with van der Waals surface area (Å²) >= 11 is 2.05. The lowest BCUT2D eigenvalue weighted by Gasteiger charge is -2.08. The predicted octanol–water partition coefficient (Wildman–Crippen LogP) is 3.12. The molecule has 7 heteroatoms. The van der Waals surface area contributed by atoms with Crippen molar-refractivity contribution in [1.29, 1.82) is 0 Å². The van der Waals surface area contributed by atoms with Crippen molar-refractivity contribution < 1.29 is 14.6 Å². The molecule has 0 fully saturated rings. The molecule has 0 bridgehead atoms. The standard InChI is InChI=1S/C14H8IN3O3/c15-8-1-3-11(9(7-8)14(19)20)21-12-4-2-10-13(18-12)17-6-5-16-10/h1-7H,(H,19,20). The van der Waals surface area contributed by atoms with E-state index >= 15 is 0 Å². The van der Waals surface area contributed by atoms with E-state index in [1.807, 2.05) is 22.6 Å². The van der Waals surface area contributed by atoms with Crippen molar-refractivity contribution in [3.8, 4) is 11.6 Å². The number of fused-ring (bicyclic) bond motifs is 1. The van der Waals surface area contributed by atoms with E-state index in [1.54, 1.807) is 36.5 Å². The van der Waals surface area contributed by atoms with Crippen LogP contribution in [0.1, 0.15) is 10.4 Å². The number of ether oxygens (including phenoxy) is 1. The Balaban J connectivity index is 2.00. The van der Waals surface area contributed by atoms with E-state index in [0.717, 1.165) is 3.57 Å². The van der Waals surface area contributed by atoms with Crippen LogP contribution in [0, 0.1) is 3.57 Å². The fourth-order valence-corrected chi connectivity index (χ4v) is 2.26. The van der Waals surface area contributed by atoms with Gasteiger partial charge in [-0.15, -0.1) is 0 Å². The maximum atomic E-state index is 11.3.